The van der Waals surface area contributed by atoms with Gasteiger partial charge in [-0.2, -0.15) is 0 Å². The summed E-state index contributed by atoms with van der Waals surface area (Å²) >= 11 is 0. The summed E-state index contributed by atoms with van der Waals surface area (Å²) in [6.45, 7) is 11.4. The Labute approximate surface area is 113 Å². The first-order valence-corrected chi connectivity index (χ1v) is 10.0. The van der Waals surface area contributed by atoms with Crippen molar-refractivity contribution in [3.63, 3.8) is 0 Å². The van der Waals surface area contributed by atoms with Gasteiger partial charge in [0, 0.05) is 12.7 Å². The Balaban J connectivity index is 2.50. The lowest BCUT2D eigenvalue weighted by molar-refractivity contribution is -0.0431. The number of aliphatic hydroxyl groups excluding tert-OH is 1. The van der Waals surface area contributed by atoms with Gasteiger partial charge < -0.3 is 14.6 Å². The fourth-order valence-corrected chi connectivity index (χ4v) is 3.72. The highest BCUT2D eigenvalue weighted by molar-refractivity contribution is 6.74. The first-order valence-electron chi connectivity index (χ1n) is 7.11. The Hall–Kier alpha value is 0.0969. The highest BCUT2D eigenvalue weighted by Gasteiger charge is 2.41. The number of aliphatic hydroxyl groups is 2. The SMILES string of the molecule is CC(C)(C)[Si](C)(C)OC1CCC(O)(CCO)CC1. The lowest BCUT2D eigenvalue weighted by Crippen LogP contribution is -2.46. The van der Waals surface area contributed by atoms with Crippen LogP contribution in [0.5, 0.6) is 0 Å². The fraction of sp³-hybridized carbons (Fsp3) is 1.00. The smallest absolute Gasteiger partial charge is 0.192 e. The van der Waals surface area contributed by atoms with Crippen LogP contribution in [0.3, 0.4) is 0 Å². The summed E-state index contributed by atoms with van der Waals surface area (Å²) in [5.41, 5.74) is -0.651. The zero-order chi connectivity index (χ0) is 14.0. The average Bonchev–Trinajstić information content (AvgIpc) is 2.20. The quantitative estimate of drug-likeness (QED) is 0.775. The van der Waals surface area contributed by atoms with Crippen molar-refractivity contribution in [3.8, 4) is 0 Å². The van der Waals surface area contributed by atoms with Gasteiger partial charge in [-0.05, 0) is 50.2 Å². The molecule has 0 spiro atoms. The molecule has 0 atom stereocenters. The van der Waals surface area contributed by atoms with E-state index in [4.69, 9.17) is 9.53 Å². The normalized spacial score (nSPS) is 30.5. The van der Waals surface area contributed by atoms with Gasteiger partial charge in [0.25, 0.3) is 0 Å². The van der Waals surface area contributed by atoms with Crippen molar-refractivity contribution in [2.45, 2.75) is 82.7 Å². The summed E-state index contributed by atoms with van der Waals surface area (Å²) in [7, 11) is -1.69. The van der Waals surface area contributed by atoms with Crippen LogP contribution in [0.1, 0.15) is 52.9 Å². The van der Waals surface area contributed by atoms with E-state index in [9.17, 15) is 5.11 Å². The van der Waals surface area contributed by atoms with Crippen LogP contribution in [0, 0.1) is 0 Å². The third kappa shape index (κ3) is 4.05. The molecule has 1 saturated carbocycles. The van der Waals surface area contributed by atoms with Crippen LogP contribution in [0.15, 0.2) is 0 Å². The van der Waals surface area contributed by atoms with Crippen molar-refractivity contribution in [2.75, 3.05) is 6.61 Å². The van der Waals surface area contributed by atoms with Gasteiger partial charge in [-0.15, -0.1) is 0 Å². The Morgan fingerprint density at radius 3 is 2.11 bits per heavy atom. The monoisotopic (exact) mass is 274 g/mol. The van der Waals surface area contributed by atoms with Gasteiger partial charge in [-0.3, -0.25) is 0 Å². The van der Waals surface area contributed by atoms with Gasteiger partial charge in [0.1, 0.15) is 0 Å². The van der Waals surface area contributed by atoms with Gasteiger partial charge in [0.05, 0.1) is 5.60 Å². The maximum Gasteiger partial charge on any atom is 0.192 e. The van der Waals surface area contributed by atoms with Crippen LogP contribution >= 0.6 is 0 Å². The van der Waals surface area contributed by atoms with Crippen LogP contribution in [0.25, 0.3) is 0 Å². The topological polar surface area (TPSA) is 49.7 Å². The van der Waals surface area contributed by atoms with Crippen LogP contribution in [0.4, 0.5) is 0 Å². The summed E-state index contributed by atoms with van der Waals surface area (Å²) in [5, 5.41) is 19.4. The third-order valence-corrected chi connectivity index (χ3v) is 9.24. The lowest BCUT2D eigenvalue weighted by atomic mass is 9.81. The molecular formula is C14H30O3Si. The maximum atomic E-state index is 10.2. The molecule has 0 aliphatic heterocycles. The molecule has 0 radical (unpaired) electrons. The zero-order valence-electron chi connectivity index (χ0n) is 12.6. The van der Waals surface area contributed by atoms with E-state index in [1.807, 2.05) is 0 Å². The second-order valence-corrected chi connectivity index (χ2v) is 12.0. The van der Waals surface area contributed by atoms with E-state index in [2.05, 4.69) is 33.9 Å². The molecule has 1 aliphatic rings. The molecule has 0 aromatic heterocycles. The van der Waals surface area contributed by atoms with Gasteiger partial charge in [0.2, 0.25) is 0 Å². The van der Waals surface area contributed by atoms with E-state index in [0.717, 1.165) is 25.7 Å². The molecule has 0 aromatic carbocycles. The second-order valence-electron chi connectivity index (χ2n) is 7.28. The summed E-state index contributed by atoms with van der Waals surface area (Å²) in [6, 6.07) is 0. The predicted octanol–water partition coefficient (Wildman–Crippen LogP) is 3.06. The number of rotatable bonds is 4. The van der Waals surface area contributed by atoms with Gasteiger partial charge >= 0.3 is 0 Å². The van der Waals surface area contributed by atoms with E-state index in [0.29, 0.717) is 12.5 Å². The molecule has 3 nitrogen and oxygen atoms in total. The minimum atomic E-state index is -1.69. The maximum absolute atomic E-state index is 10.2. The molecule has 0 amide bonds. The lowest BCUT2D eigenvalue weighted by Gasteiger charge is -2.43. The molecule has 1 rings (SSSR count). The molecule has 0 aromatic rings. The highest BCUT2D eigenvalue weighted by atomic mass is 28.4. The Morgan fingerprint density at radius 2 is 1.72 bits per heavy atom. The Bertz CT molecular complexity index is 263. The van der Waals surface area contributed by atoms with E-state index in [-0.39, 0.29) is 11.6 Å². The fourth-order valence-electron chi connectivity index (χ4n) is 2.30. The van der Waals surface area contributed by atoms with Crippen molar-refractivity contribution in [3.05, 3.63) is 0 Å². The number of hydrogen-bond donors (Lipinski definition) is 2. The molecule has 0 bridgehead atoms. The molecule has 4 heteroatoms. The van der Waals surface area contributed by atoms with E-state index in [1.54, 1.807) is 0 Å². The minimum absolute atomic E-state index is 0.0737. The Morgan fingerprint density at radius 1 is 1.22 bits per heavy atom. The molecule has 0 heterocycles. The molecule has 108 valence electrons. The average molecular weight is 274 g/mol. The predicted molar refractivity (Wildman–Crippen MR) is 77.2 cm³/mol. The van der Waals surface area contributed by atoms with Crippen LogP contribution < -0.4 is 0 Å². The van der Waals surface area contributed by atoms with Crippen molar-refractivity contribution in [2.24, 2.45) is 0 Å². The van der Waals surface area contributed by atoms with Crippen molar-refractivity contribution in [1.29, 1.82) is 0 Å². The first-order chi connectivity index (χ1) is 8.10. The Kier molecular flexibility index (Phi) is 5.04. The van der Waals surface area contributed by atoms with Crippen LogP contribution in [-0.4, -0.2) is 36.8 Å². The summed E-state index contributed by atoms with van der Waals surface area (Å²) in [6.07, 6.45) is 4.15. The zero-order valence-corrected chi connectivity index (χ0v) is 13.6. The molecule has 1 fully saturated rings. The first kappa shape index (κ1) is 16.2. The summed E-state index contributed by atoms with van der Waals surface area (Å²) in [5.74, 6) is 0. The van der Waals surface area contributed by atoms with E-state index in [1.165, 1.54) is 0 Å². The van der Waals surface area contributed by atoms with Crippen molar-refractivity contribution < 1.29 is 14.6 Å². The molecule has 18 heavy (non-hydrogen) atoms. The third-order valence-electron chi connectivity index (χ3n) is 4.71. The second kappa shape index (κ2) is 5.61. The largest absolute Gasteiger partial charge is 0.414 e. The van der Waals surface area contributed by atoms with Crippen molar-refractivity contribution in [1.82, 2.24) is 0 Å². The summed E-state index contributed by atoms with van der Waals surface area (Å²) in [4.78, 5) is 0. The van der Waals surface area contributed by atoms with Crippen molar-refractivity contribution >= 4 is 8.32 Å². The molecule has 2 N–H and O–H groups in total. The summed E-state index contributed by atoms with van der Waals surface area (Å²) < 4.78 is 6.38. The van der Waals surface area contributed by atoms with E-state index < -0.39 is 13.9 Å². The molecule has 0 unspecified atom stereocenters. The molecule has 1 aliphatic carbocycles. The van der Waals surface area contributed by atoms with Gasteiger partial charge in [0.15, 0.2) is 8.32 Å². The molecular weight excluding hydrogens is 244 g/mol. The number of hydrogen-bond acceptors (Lipinski definition) is 3. The van der Waals surface area contributed by atoms with Gasteiger partial charge in [-0.25, -0.2) is 0 Å². The standard InChI is InChI=1S/C14H30O3Si/c1-13(2,3)18(4,5)17-12-6-8-14(16,9-7-12)10-11-15/h12,15-16H,6-11H2,1-5H3. The van der Waals surface area contributed by atoms with E-state index >= 15 is 0 Å². The van der Waals surface area contributed by atoms with Crippen LogP contribution in [-0.2, 0) is 4.43 Å². The van der Waals surface area contributed by atoms with Gasteiger partial charge in [-0.1, -0.05) is 20.8 Å². The van der Waals surface area contributed by atoms with Crippen LogP contribution in [0.2, 0.25) is 18.1 Å². The highest BCUT2D eigenvalue weighted by Crippen LogP contribution is 2.40. The minimum Gasteiger partial charge on any atom is -0.414 e. The molecule has 0 saturated heterocycles.